The van der Waals surface area contributed by atoms with Gasteiger partial charge in [-0.05, 0) is 55.9 Å². The Morgan fingerprint density at radius 3 is 2.76 bits per heavy atom. The Morgan fingerprint density at radius 2 is 2.00 bits per heavy atom. The maximum absolute atomic E-state index is 13.4. The topological polar surface area (TPSA) is 87.8 Å². The van der Waals surface area contributed by atoms with E-state index in [1.54, 1.807) is 0 Å². The van der Waals surface area contributed by atoms with Crippen molar-refractivity contribution in [3.05, 3.63) is 66.3 Å². The number of nitriles is 1. The second-order valence-electron chi connectivity index (χ2n) is 7.97. The lowest BCUT2D eigenvalue weighted by Crippen LogP contribution is -2.27. The van der Waals surface area contributed by atoms with Crippen molar-refractivity contribution in [2.45, 2.75) is 39.2 Å². The van der Waals surface area contributed by atoms with Crippen LogP contribution in [0.4, 0.5) is 5.00 Å². The molecular weight excluding hydrogens is 520 g/mol. The largest absolute Gasteiger partial charge is 0.315 e. The predicted octanol–water partition coefficient (Wildman–Crippen LogP) is 5.65. The van der Waals surface area contributed by atoms with Crippen molar-refractivity contribution in [2.24, 2.45) is 0 Å². The van der Waals surface area contributed by atoms with Crippen LogP contribution >= 0.6 is 38.6 Å². The molecule has 1 aliphatic carbocycles. The SMILES string of the molecule is Cc1sc2ncn(CC(=O)Nc3sc4c(c3C#N)CCCC4)c(=O)c2c1-c1ccc(Br)cc1. The van der Waals surface area contributed by atoms with Crippen LogP contribution in [0.15, 0.2) is 39.9 Å². The van der Waals surface area contributed by atoms with Gasteiger partial charge in [-0.15, -0.1) is 22.7 Å². The number of rotatable bonds is 4. The Labute approximate surface area is 206 Å². The minimum absolute atomic E-state index is 0.163. The van der Waals surface area contributed by atoms with Crippen molar-refractivity contribution >= 4 is 59.7 Å². The molecule has 3 aromatic heterocycles. The van der Waals surface area contributed by atoms with E-state index in [0.29, 0.717) is 20.8 Å². The fraction of sp³-hybridized carbons (Fsp3) is 0.250. The molecular formula is C24H19BrN4O2S2. The van der Waals surface area contributed by atoms with Crippen LogP contribution in [0.25, 0.3) is 21.3 Å². The highest BCUT2D eigenvalue weighted by Crippen LogP contribution is 2.38. The average molecular weight is 539 g/mol. The molecule has 0 bridgehead atoms. The predicted molar refractivity (Wildman–Crippen MR) is 136 cm³/mol. The molecule has 1 aliphatic rings. The number of aryl methyl sites for hydroxylation is 2. The molecule has 5 rings (SSSR count). The Bertz CT molecular complexity index is 1490. The minimum atomic E-state index is -0.342. The summed E-state index contributed by atoms with van der Waals surface area (Å²) in [7, 11) is 0. The number of carbonyl (C=O) groups excluding carboxylic acids is 1. The second kappa shape index (κ2) is 8.86. The van der Waals surface area contributed by atoms with Crippen LogP contribution in [0, 0.1) is 18.3 Å². The van der Waals surface area contributed by atoms with Crippen molar-refractivity contribution in [3.8, 4) is 17.2 Å². The van der Waals surface area contributed by atoms with Gasteiger partial charge in [-0.3, -0.25) is 14.2 Å². The Hall–Kier alpha value is -2.80. The highest BCUT2D eigenvalue weighted by atomic mass is 79.9. The summed E-state index contributed by atoms with van der Waals surface area (Å²) in [4.78, 5) is 33.5. The van der Waals surface area contributed by atoms with E-state index in [0.717, 1.165) is 51.7 Å². The Kier molecular flexibility index (Phi) is 5.91. The number of nitrogens with one attached hydrogen (secondary N) is 1. The molecule has 166 valence electrons. The number of thiophene rings is 2. The molecule has 1 N–H and O–H groups in total. The number of aromatic nitrogens is 2. The smallest absolute Gasteiger partial charge is 0.263 e. The third-order valence-electron chi connectivity index (χ3n) is 5.84. The lowest BCUT2D eigenvalue weighted by Gasteiger charge is -2.09. The maximum atomic E-state index is 13.4. The molecule has 3 heterocycles. The Balaban J connectivity index is 1.47. The fourth-order valence-corrected chi connectivity index (χ4v) is 6.83. The van der Waals surface area contributed by atoms with Gasteiger partial charge in [0.05, 0.1) is 17.3 Å². The summed E-state index contributed by atoms with van der Waals surface area (Å²) < 4.78 is 2.30. The van der Waals surface area contributed by atoms with E-state index in [1.807, 2.05) is 31.2 Å². The van der Waals surface area contributed by atoms with E-state index in [-0.39, 0.29) is 18.0 Å². The molecule has 1 aromatic carbocycles. The van der Waals surface area contributed by atoms with E-state index in [1.165, 1.54) is 38.4 Å². The summed E-state index contributed by atoms with van der Waals surface area (Å²) >= 11 is 6.39. The minimum Gasteiger partial charge on any atom is -0.315 e. The molecule has 4 aromatic rings. The third kappa shape index (κ3) is 4.03. The van der Waals surface area contributed by atoms with Crippen LogP contribution in [0.2, 0.25) is 0 Å². The van der Waals surface area contributed by atoms with Crippen molar-refractivity contribution in [3.63, 3.8) is 0 Å². The quantitative estimate of drug-likeness (QED) is 0.363. The van der Waals surface area contributed by atoms with Crippen LogP contribution in [0.1, 0.15) is 33.7 Å². The van der Waals surface area contributed by atoms with Gasteiger partial charge in [0.15, 0.2) is 0 Å². The normalized spacial score (nSPS) is 13.0. The van der Waals surface area contributed by atoms with Crippen molar-refractivity contribution < 1.29 is 4.79 Å². The van der Waals surface area contributed by atoms with E-state index >= 15 is 0 Å². The molecule has 0 fully saturated rings. The van der Waals surface area contributed by atoms with E-state index in [2.05, 4.69) is 32.3 Å². The molecule has 0 aliphatic heterocycles. The van der Waals surface area contributed by atoms with Gasteiger partial charge in [0, 0.05) is 19.8 Å². The average Bonchev–Trinajstić information content (AvgIpc) is 3.33. The number of amides is 1. The van der Waals surface area contributed by atoms with Crippen molar-refractivity contribution in [2.75, 3.05) is 5.32 Å². The summed E-state index contributed by atoms with van der Waals surface area (Å²) in [5, 5.41) is 13.6. The lowest BCUT2D eigenvalue weighted by molar-refractivity contribution is -0.116. The first kappa shape index (κ1) is 22.0. The van der Waals surface area contributed by atoms with Crippen LogP contribution in [-0.2, 0) is 24.2 Å². The first-order valence-electron chi connectivity index (χ1n) is 10.5. The summed E-state index contributed by atoms with van der Waals surface area (Å²) in [6.45, 7) is 1.81. The van der Waals surface area contributed by atoms with Gasteiger partial charge in [0.2, 0.25) is 5.91 Å². The summed E-state index contributed by atoms with van der Waals surface area (Å²) in [6.07, 6.45) is 5.42. The van der Waals surface area contributed by atoms with Crippen LogP contribution in [0.5, 0.6) is 0 Å². The number of fused-ring (bicyclic) bond motifs is 2. The number of hydrogen-bond acceptors (Lipinski definition) is 6. The molecule has 33 heavy (non-hydrogen) atoms. The molecule has 0 atom stereocenters. The molecule has 0 saturated heterocycles. The molecule has 6 nitrogen and oxygen atoms in total. The molecule has 9 heteroatoms. The van der Waals surface area contributed by atoms with Gasteiger partial charge in [-0.1, -0.05) is 28.1 Å². The molecule has 1 amide bonds. The van der Waals surface area contributed by atoms with Crippen LogP contribution in [-0.4, -0.2) is 15.5 Å². The maximum Gasteiger partial charge on any atom is 0.263 e. The standard InChI is InChI=1S/C24H19BrN4O2S2/c1-13-20(14-6-8-15(25)9-7-14)21-23(32-13)27-12-29(24(21)31)11-19(30)28-22-17(10-26)16-4-2-3-5-18(16)33-22/h6-9,12H,2-5,11H2,1H3,(H,28,30). The summed E-state index contributed by atoms with van der Waals surface area (Å²) in [6, 6.07) is 10.1. The van der Waals surface area contributed by atoms with Gasteiger partial charge in [0.25, 0.3) is 5.56 Å². The van der Waals surface area contributed by atoms with Crippen molar-refractivity contribution in [1.29, 1.82) is 5.26 Å². The van der Waals surface area contributed by atoms with E-state index in [9.17, 15) is 14.9 Å². The van der Waals surface area contributed by atoms with E-state index < -0.39 is 0 Å². The first-order valence-corrected chi connectivity index (χ1v) is 13.0. The van der Waals surface area contributed by atoms with Gasteiger partial charge >= 0.3 is 0 Å². The lowest BCUT2D eigenvalue weighted by atomic mass is 9.96. The van der Waals surface area contributed by atoms with Gasteiger partial charge < -0.3 is 5.32 Å². The second-order valence-corrected chi connectivity index (χ2v) is 11.2. The molecule has 0 unspecified atom stereocenters. The Morgan fingerprint density at radius 1 is 1.24 bits per heavy atom. The van der Waals surface area contributed by atoms with E-state index in [4.69, 9.17) is 0 Å². The zero-order valence-electron chi connectivity index (χ0n) is 17.8. The highest BCUT2D eigenvalue weighted by Gasteiger charge is 2.22. The van der Waals surface area contributed by atoms with Gasteiger partial charge in [-0.2, -0.15) is 5.26 Å². The first-order chi connectivity index (χ1) is 16.0. The highest BCUT2D eigenvalue weighted by molar-refractivity contribution is 9.10. The number of hydrogen-bond donors (Lipinski definition) is 1. The van der Waals surface area contributed by atoms with Gasteiger partial charge in [-0.25, -0.2) is 4.98 Å². The summed E-state index contributed by atoms with van der Waals surface area (Å²) in [5.74, 6) is -0.342. The number of halogens is 1. The zero-order chi connectivity index (χ0) is 23.1. The molecule has 0 saturated carbocycles. The molecule has 0 spiro atoms. The summed E-state index contributed by atoms with van der Waals surface area (Å²) in [5.41, 5.74) is 3.17. The van der Waals surface area contributed by atoms with Crippen LogP contribution < -0.4 is 10.9 Å². The monoisotopic (exact) mass is 538 g/mol. The van der Waals surface area contributed by atoms with Crippen LogP contribution in [0.3, 0.4) is 0 Å². The third-order valence-corrected chi connectivity index (χ3v) is 8.59. The number of anilines is 1. The number of carbonyl (C=O) groups is 1. The van der Waals surface area contributed by atoms with Gasteiger partial charge in [0.1, 0.15) is 22.4 Å². The fourth-order valence-electron chi connectivity index (χ4n) is 4.31. The number of benzene rings is 1. The number of nitrogens with zero attached hydrogens (tertiary/aromatic N) is 3. The van der Waals surface area contributed by atoms with Crippen molar-refractivity contribution in [1.82, 2.24) is 9.55 Å². The molecule has 0 radical (unpaired) electrons. The zero-order valence-corrected chi connectivity index (χ0v) is 21.0.